The summed E-state index contributed by atoms with van der Waals surface area (Å²) in [6.45, 7) is 2.08. The quantitative estimate of drug-likeness (QED) is 0.707. The number of aryl methyl sites for hydroxylation is 1. The normalized spacial score (nSPS) is 16.6. The predicted molar refractivity (Wildman–Crippen MR) is 108 cm³/mol. The van der Waals surface area contributed by atoms with E-state index in [1.807, 2.05) is 18.1 Å². The van der Waals surface area contributed by atoms with Crippen molar-refractivity contribution in [2.75, 3.05) is 7.05 Å². The first-order valence-corrected chi connectivity index (χ1v) is 8.92. The highest BCUT2D eigenvalue weighted by Gasteiger charge is 2.31. The van der Waals surface area contributed by atoms with E-state index in [4.69, 9.17) is 17.3 Å². The van der Waals surface area contributed by atoms with Gasteiger partial charge in [-0.25, -0.2) is 5.01 Å². The van der Waals surface area contributed by atoms with Crippen LogP contribution in [0.25, 0.3) is 11.0 Å². The molecule has 0 saturated carbocycles. The standard InChI is InChI=1S/C20H19N5S/c1-13-3-5-14(6-4-13)17-12-19(25(24-17)20(26)21-2)15-7-8-16-18(11-15)23-10-9-22-16/h3-11,19H,12H2,1-2H3,(H,21,26)/t19-/m0/s1. The topological polar surface area (TPSA) is 53.4 Å². The van der Waals surface area contributed by atoms with Gasteiger partial charge in [0.15, 0.2) is 5.11 Å². The molecule has 1 N–H and O–H groups in total. The lowest BCUT2D eigenvalue weighted by Gasteiger charge is -2.23. The molecule has 0 bridgehead atoms. The fourth-order valence-electron chi connectivity index (χ4n) is 3.18. The molecule has 0 unspecified atom stereocenters. The predicted octanol–water partition coefficient (Wildman–Crippen LogP) is 3.59. The highest BCUT2D eigenvalue weighted by molar-refractivity contribution is 7.80. The van der Waals surface area contributed by atoms with Crippen LogP contribution in [0, 0.1) is 6.92 Å². The molecular formula is C20H19N5S. The first-order chi connectivity index (χ1) is 12.7. The van der Waals surface area contributed by atoms with Gasteiger partial charge in [0, 0.05) is 25.9 Å². The zero-order chi connectivity index (χ0) is 18.1. The number of thiocarbonyl (C=S) groups is 1. The van der Waals surface area contributed by atoms with E-state index in [0.717, 1.165) is 34.3 Å². The first kappa shape index (κ1) is 16.6. The summed E-state index contributed by atoms with van der Waals surface area (Å²) in [5, 5.41) is 10.4. The molecule has 4 rings (SSSR count). The number of rotatable bonds is 2. The summed E-state index contributed by atoms with van der Waals surface area (Å²) in [5.41, 5.74) is 6.29. The van der Waals surface area contributed by atoms with Crippen LogP contribution in [0.4, 0.5) is 0 Å². The Hall–Kier alpha value is -2.86. The summed E-state index contributed by atoms with van der Waals surface area (Å²) in [6.07, 6.45) is 4.21. The highest BCUT2D eigenvalue weighted by atomic mass is 32.1. The third kappa shape index (κ3) is 3.04. The Morgan fingerprint density at radius 3 is 2.54 bits per heavy atom. The lowest BCUT2D eigenvalue weighted by atomic mass is 9.97. The summed E-state index contributed by atoms with van der Waals surface area (Å²) >= 11 is 5.49. The molecular weight excluding hydrogens is 342 g/mol. The molecule has 2 aromatic carbocycles. The number of nitrogens with zero attached hydrogens (tertiary/aromatic N) is 4. The van der Waals surface area contributed by atoms with Gasteiger partial charge in [-0.05, 0) is 42.4 Å². The molecule has 2 heterocycles. The van der Waals surface area contributed by atoms with E-state index in [9.17, 15) is 0 Å². The lowest BCUT2D eigenvalue weighted by molar-refractivity contribution is 0.367. The minimum absolute atomic E-state index is 0.0395. The molecule has 26 heavy (non-hydrogen) atoms. The van der Waals surface area contributed by atoms with Crippen molar-refractivity contribution in [2.45, 2.75) is 19.4 Å². The molecule has 1 atom stereocenters. The fourth-order valence-corrected chi connectivity index (χ4v) is 3.35. The van der Waals surface area contributed by atoms with Crippen molar-refractivity contribution in [3.05, 3.63) is 71.5 Å². The van der Waals surface area contributed by atoms with Crippen molar-refractivity contribution in [3.8, 4) is 0 Å². The minimum Gasteiger partial charge on any atom is -0.364 e. The lowest BCUT2D eigenvalue weighted by Crippen LogP contribution is -2.34. The molecule has 1 aliphatic rings. The number of hydrazone groups is 1. The maximum Gasteiger partial charge on any atom is 0.189 e. The van der Waals surface area contributed by atoms with E-state index in [2.05, 4.69) is 58.6 Å². The molecule has 0 spiro atoms. The second-order valence-electron chi connectivity index (χ2n) is 6.34. The Bertz CT molecular complexity index is 997. The average molecular weight is 361 g/mol. The van der Waals surface area contributed by atoms with E-state index in [-0.39, 0.29) is 6.04 Å². The number of hydrogen-bond acceptors (Lipinski definition) is 4. The van der Waals surface area contributed by atoms with Crippen LogP contribution in [0.5, 0.6) is 0 Å². The Balaban J connectivity index is 1.72. The van der Waals surface area contributed by atoms with Gasteiger partial charge in [-0.1, -0.05) is 35.9 Å². The maximum absolute atomic E-state index is 5.49. The zero-order valence-corrected chi connectivity index (χ0v) is 15.5. The highest BCUT2D eigenvalue weighted by Crippen LogP contribution is 2.33. The molecule has 0 aliphatic carbocycles. The van der Waals surface area contributed by atoms with Crippen molar-refractivity contribution >= 4 is 34.1 Å². The first-order valence-electron chi connectivity index (χ1n) is 8.52. The fraction of sp³-hybridized carbons (Fsp3) is 0.200. The van der Waals surface area contributed by atoms with Gasteiger partial charge >= 0.3 is 0 Å². The van der Waals surface area contributed by atoms with E-state index >= 15 is 0 Å². The summed E-state index contributed by atoms with van der Waals surface area (Å²) in [4.78, 5) is 8.77. The molecule has 0 radical (unpaired) electrons. The number of fused-ring (bicyclic) bond motifs is 1. The summed E-state index contributed by atoms with van der Waals surface area (Å²) < 4.78 is 0. The van der Waals surface area contributed by atoms with Crippen molar-refractivity contribution in [1.82, 2.24) is 20.3 Å². The van der Waals surface area contributed by atoms with Gasteiger partial charge in [0.25, 0.3) is 0 Å². The molecule has 1 aromatic heterocycles. The molecule has 5 nitrogen and oxygen atoms in total. The molecule has 1 aliphatic heterocycles. The third-order valence-corrected chi connectivity index (χ3v) is 4.99. The molecule has 0 saturated heterocycles. The molecule has 6 heteroatoms. The Morgan fingerprint density at radius 1 is 1.08 bits per heavy atom. The number of hydrogen-bond donors (Lipinski definition) is 1. The smallest absolute Gasteiger partial charge is 0.189 e. The second kappa shape index (κ2) is 6.80. The van der Waals surface area contributed by atoms with Gasteiger partial charge in [-0.15, -0.1) is 0 Å². The van der Waals surface area contributed by atoms with Gasteiger partial charge in [0.1, 0.15) is 0 Å². The summed E-state index contributed by atoms with van der Waals surface area (Å²) in [5.74, 6) is 0. The van der Waals surface area contributed by atoms with Crippen LogP contribution in [-0.4, -0.2) is 32.8 Å². The van der Waals surface area contributed by atoms with Crippen molar-refractivity contribution in [3.63, 3.8) is 0 Å². The largest absolute Gasteiger partial charge is 0.364 e. The second-order valence-corrected chi connectivity index (χ2v) is 6.72. The molecule has 130 valence electrons. The van der Waals surface area contributed by atoms with Crippen LogP contribution < -0.4 is 5.32 Å². The van der Waals surface area contributed by atoms with Crippen LogP contribution in [0.2, 0.25) is 0 Å². The number of aromatic nitrogens is 2. The summed E-state index contributed by atoms with van der Waals surface area (Å²) in [7, 11) is 1.82. The molecule has 3 aromatic rings. The van der Waals surface area contributed by atoms with E-state index in [1.54, 1.807) is 12.4 Å². The monoisotopic (exact) mass is 361 g/mol. The molecule has 0 amide bonds. The van der Waals surface area contributed by atoms with Crippen LogP contribution in [0.15, 0.2) is 60.0 Å². The maximum atomic E-state index is 5.49. The van der Waals surface area contributed by atoms with Crippen LogP contribution in [0.1, 0.15) is 29.2 Å². The SMILES string of the molecule is CNC(=S)N1N=C(c2ccc(C)cc2)C[C@H]1c1ccc2nccnc2c1. The van der Waals surface area contributed by atoms with Gasteiger partial charge in [0.05, 0.1) is 22.8 Å². The van der Waals surface area contributed by atoms with Gasteiger partial charge in [-0.3, -0.25) is 9.97 Å². The van der Waals surface area contributed by atoms with Crippen molar-refractivity contribution in [1.29, 1.82) is 0 Å². The Morgan fingerprint density at radius 2 is 1.81 bits per heavy atom. The zero-order valence-electron chi connectivity index (χ0n) is 14.7. The third-order valence-electron chi connectivity index (χ3n) is 4.60. The van der Waals surface area contributed by atoms with Crippen LogP contribution >= 0.6 is 12.2 Å². The van der Waals surface area contributed by atoms with E-state index < -0.39 is 0 Å². The average Bonchev–Trinajstić information content (AvgIpc) is 3.13. The number of nitrogens with one attached hydrogen (secondary N) is 1. The van der Waals surface area contributed by atoms with Crippen molar-refractivity contribution < 1.29 is 0 Å². The van der Waals surface area contributed by atoms with Crippen LogP contribution in [-0.2, 0) is 0 Å². The van der Waals surface area contributed by atoms with Crippen LogP contribution in [0.3, 0.4) is 0 Å². The van der Waals surface area contributed by atoms with Gasteiger partial charge < -0.3 is 5.32 Å². The Kier molecular flexibility index (Phi) is 4.34. The summed E-state index contributed by atoms with van der Waals surface area (Å²) in [6, 6.07) is 14.6. The van der Waals surface area contributed by atoms with Crippen molar-refractivity contribution in [2.24, 2.45) is 5.10 Å². The van der Waals surface area contributed by atoms with Gasteiger partial charge in [0.2, 0.25) is 0 Å². The number of benzene rings is 2. The van der Waals surface area contributed by atoms with E-state index in [0.29, 0.717) is 5.11 Å². The minimum atomic E-state index is 0.0395. The van der Waals surface area contributed by atoms with E-state index in [1.165, 1.54) is 5.56 Å². The Labute approximate surface area is 157 Å². The molecule has 0 fully saturated rings. The van der Waals surface area contributed by atoms with Gasteiger partial charge in [-0.2, -0.15) is 5.10 Å².